The maximum atomic E-state index is 5.74. The number of hydrogen-bond acceptors (Lipinski definition) is 3. The van der Waals surface area contributed by atoms with E-state index in [0.717, 1.165) is 18.6 Å². The van der Waals surface area contributed by atoms with Crippen LogP contribution >= 0.6 is 0 Å². The molecule has 2 aliphatic heterocycles. The normalized spacial score (nSPS) is 28.7. The summed E-state index contributed by atoms with van der Waals surface area (Å²) >= 11 is 0. The van der Waals surface area contributed by atoms with Crippen molar-refractivity contribution in [3.8, 4) is 0 Å². The standard InChI is InChI=1S/C15H30N2O/c1-13(2)11-17(12-14-5-3-8-16-14)9-7-15-6-4-10-18-15/h13-16H,3-12H2,1-2H3. The Morgan fingerprint density at radius 2 is 2.17 bits per heavy atom. The summed E-state index contributed by atoms with van der Waals surface area (Å²) < 4.78 is 5.74. The lowest BCUT2D eigenvalue weighted by Gasteiger charge is -2.28. The Morgan fingerprint density at radius 3 is 2.78 bits per heavy atom. The van der Waals surface area contributed by atoms with Crippen molar-refractivity contribution in [2.45, 2.75) is 58.1 Å². The highest BCUT2D eigenvalue weighted by molar-refractivity contribution is 4.79. The lowest BCUT2D eigenvalue weighted by molar-refractivity contribution is 0.0886. The van der Waals surface area contributed by atoms with Gasteiger partial charge in [0.25, 0.3) is 0 Å². The van der Waals surface area contributed by atoms with Crippen molar-refractivity contribution in [1.82, 2.24) is 10.2 Å². The van der Waals surface area contributed by atoms with Crippen LogP contribution in [0.3, 0.4) is 0 Å². The Kier molecular flexibility index (Phi) is 5.93. The van der Waals surface area contributed by atoms with Gasteiger partial charge in [0.05, 0.1) is 6.10 Å². The van der Waals surface area contributed by atoms with Crippen molar-refractivity contribution >= 4 is 0 Å². The number of rotatable bonds is 7. The molecule has 2 saturated heterocycles. The minimum atomic E-state index is 0.538. The monoisotopic (exact) mass is 254 g/mol. The molecule has 0 bridgehead atoms. The molecule has 0 spiro atoms. The lowest BCUT2D eigenvalue weighted by Crippen LogP contribution is -2.40. The Labute approximate surface area is 112 Å². The Bertz CT molecular complexity index is 221. The molecular formula is C15H30N2O. The van der Waals surface area contributed by atoms with Gasteiger partial charge < -0.3 is 15.0 Å². The molecule has 1 N–H and O–H groups in total. The first kappa shape index (κ1) is 14.3. The van der Waals surface area contributed by atoms with Gasteiger partial charge >= 0.3 is 0 Å². The van der Waals surface area contributed by atoms with E-state index in [1.165, 1.54) is 58.3 Å². The van der Waals surface area contributed by atoms with Crippen LogP contribution in [0.5, 0.6) is 0 Å². The van der Waals surface area contributed by atoms with E-state index < -0.39 is 0 Å². The average Bonchev–Trinajstić information content (AvgIpc) is 2.97. The molecule has 3 nitrogen and oxygen atoms in total. The molecule has 0 radical (unpaired) electrons. The van der Waals surface area contributed by atoms with Crippen molar-refractivity contribution in [3.63, 3.8) is 0 Å². The average molecular weight is 254 g/mol. The fourth-order valence-corrected chi connectivity index (χ4v) is 3.20. The topological polar surface area (TPSA) is 24.5 Å². The smallest absolute Gasteiger partial charge is 0.0588 e. The largest absolute Gasteiger partial charge is 0.378 e. The van der Waals surface area contributed by atoms with E-state index in [2.05, 4.69) is 24.1 Å². The predicted molar refractivity (Wildman–Crippen MR) is 75.9 cm³/mol. The summed E-state index contributed by atoms with van der Waals surface area (Å²) in [7, 11) is 0. The van der Waals surface area contributed by atoms with Gasteiger partial charge in [-0.25, -0.2) is 0 Å². The van der Waals surface area contributed by atoms with Crippen LogP contribution in [-0.4, -0.2) is 49.8 Å². The van der Waals surface area contributed by atoms with Crippen molar-refractivity contribution in [1.29, 1.82) is 0 Å². The second-order valence-electron chi connectivity index (χ2n) is 6.37. The zero-order chi connectivity index (χ0) is 12.8. The fourth-order valence-electron chi connectivity index (χ4n) is 3.20. The van der Waals surface area contributed by atoms with Crippen molar-refractivity contribution in [2.75, 3.05) is 32.8 Å². The molecule has 0 aromatic carbocycles. The number of nitrogens with zero attached hydrogens (tertiary/aromatic N) is 1. The van der Waals surface area contributed by atoms with Crippen LogP contribution in [0.15, 0.2) is 0 Å². The second kappa shape index (κ2) is 7.46. The molecule has 2 aliphatic rings. The third-order valence-corrected chi connectivity index (χ3v) is 4.06. The van der Waals surface area contributed by atoms with Crippen LogP contribution in [0.25, 0.3) is 0 Å². The van der Waals surface area contributed by atoms with E-state index >= 15 is 0 Å². The molecule has 2 atom stereocenters. The van der Waals surface area contributed by atoms with Crippen LogP contribution in [0.4, 0.5) is 0 Å². The van der Waals surface area contributed by atoms with E-state index in [0.29, 0.717) is 6.10 Å². The van der Waals surface area contributed by atoms with Gasteiger partial charge in [0.2, 0.25) is 0 Å². The molecule has 0 aromatic rings. The van der Waals surface area contributed by atoms with Gasteiger partial charge in [0.15, 0.2) is 0 Å². The first-order valence-electron chi connectivity index (χ1n) is 7.81. The second-order valence-corrected chi connectivity index (χ2v) is 6.37. The molecular weight excluding hydrogens is 224 g/mol. The molecule has 2 heterocycles. The van der Waals surface area contributed by atoms with Crippen LogP contribution in [0, 0.1) is 5.92 Å². The molecule has 0 amide bonds. The third kappa shape index (κ3) is 4.87. The van der Waals surface area contributed by atoms with Crippen molar-refractivity contribution < 1.29 is 4.74 Å². The van der Waals surface area contributed by atoms with Crippen LogP contribution in [0.1, 0.15) is 46.0 Å². The quantitative estimate of drug-likeness (QED) is 0.754. The minimum Gasteiger partial charge on any atom is -0.378 e. The molecule has 0 aromatic heterocycles. The van der Waals surface area contributed by atoms with Gasteiger partial charge in [-0.3, -0.25) is 0 Å². The zero-order valence-electron chi connectivity index (χ0n) is 12.2. The summed E-state index contributed by atoms with van der Waals surface area (Å²) in [5.74, 6) is 0.760. The first-order valence-corrected chi connectivity index (χ1v) is 7.81. The summed E-state index contributed by atoms with van der Waals surface area (Å²) in [6.07, 6.45) is 7.01. The first-order chi connectivity index (χ1) is 8.74. The molecule has 3 heteroatoms. The zero-order valence-corrected chi connectivity index (χ0v) is 12.2. The van der Waals surface area contributed by atoms with Crippen LogP contribution < -0.4 is 5.32 Å². The summed E-state index contributed by atoms with van der Waals surface area (Å²) in [5.41, 5.74) is 0. The highest BCUT2D eigenvalue weighted by Crippen LogP contribution is 2.17. The molecule has 18 heavy (non-hydrogen) atoms. The van der Waals surface area contributed by atoms with Gasteiger partial charge in [0, 0.05) is 32.3 Å². The SMILES string of the molecule is CC(C)CN(CCC1CCCO1)CC1CCCN1. The van der Waals surface area contributed by atoms with Crippen LogP contribution in [-0.2, 0) is 4.74 Å². The van der Waals surface area contributed by atoms with E-state index in [-0.39, 0.29) is 0 Å². The number of hydrogen-bond donors (Lipinski definition) is 1. The van der Waals surface area contributed by atoms with Gasteiger partial charge in [-0.15, -0.1) is 0 Å². The molecule has 2 unspecified atom stereocenters. The fraction of sp³-hybridized carbons (Fsp3) is 1.00. The molecule has 0 saturated carbocycles. The van der Waals surface area contributed by atoms with E-state index in [4.69, 9.17) is 4.74 Å². The highest BCUT2D eigenvalue weighted by Gasteiger charge is 2.21. The van der Waals surface area contributed by atoms with E-state index in [9.17, 15) is 0 Å². The Morgan fingerprint density at radius 1 is 1.28 bits per heavy atom. The Balaban J connectivity index is 1.72. The molecule has 106 valence electrons. The summed E-state index contributed by atoms with van der Waals surface area (Å²) in [6, 6.07) is 0.730. The highest BCUT2D eigenvalue weighted by atomic mass is 16.5. The van der Waals surface area contributed by atoms with Gasteiger partial charge in [-0.05, 0) is 44.6 Å². The summed E-state index contributed by atoms with van der Waals surface area (Å²) in [6.45, 7) is 10.5. The van der Waals surface area contributed by atoms with Gasteiger partial charge in [0.1, 0.15) is 0 Å². The predicted octanol–water partition coefficient (Wildman–Crippen LogP) is 2.27. The molecule has 2 fully saturated rings. The van der Waals surface area contributed by atoms with Crippen molar-refractivity contribution in [2.24, 2.45) is 5.92 Å². The number of ether oxygens (including phenoxy) is 1. The van der Waals surface area contributed by atoms with E-state index in [1.807, 2.05) is 0 Å². The van der Waals surface area contributed by atoms with Gasteiger partial charge in [-0.2, -0.15) is 0 Å². The maximum absolute atomic E-state index is 5.74. The third-order valence-electron chi connectivity index (χ3n) is 4.06. The van der Waals surface area contributed by atoms with Crippen LogP contribution in [0.2, 0.25) is 0 Å². The maximum Gasteiger partial charge on any atom is 0.0588 e. The van der Waals surface area contributed by atoms with E-state index in [1.54, 1.807) is 0 Å². The molecule has 2 rings (SSSR count). The van der Waals surface area contributed by atoms with Gasteiger partial charge in [-0.1, -0.05) is 13.8 Å². The lowest BCUT2D eigenvalue weighted by atomic mass is 10.1. The number of nitrogens with one attached hydrogen (secondary N) is 1. The Hall–Kier alpha value is -0.120. The minimum absolute atomic E-state index is 0.538. The summed E-state index contributed by atoms with van der Waals surface area (Å²) in [5, 5.41) is 3.62. The molecule has 0 aliphatic carbocycles. The van der Waals surface area contributed by atoms with Crippen molar-refractivity contribution in [3.05, 3.63) is 0 Å². The summed E-state index contributed by atoms with van der Waals surface area (Å²) in [4.78, 5) is 2.65.